The van der Waals surface area contributed by atoms with E-state index in [1.165, 1.54) is 0 Å². The second kappa shape index (κ2) is 5.79. The Morgan fingerprint density at radius 3 is 2.89 bits per heavy atom. The van der Waals surface area contributed by atoms with Crippen molar-refractivity contribution < 1.29 is 4.84 Å². The van der Waals surface area contributed by atoms with Crippen LogP contribution in [0.1, 0.15) is 19.8 Å². The first-order valence-corrected chi connectivity index (χ1v) is 3.23. The van der Waals surface area contributed by atoms with Crippen LogP contribution in [0, 0.1) is 5.92 Å². The van der Waals surface area contributed by atoms with E-state index >= 15 is 0 Å². The quantitative estimate of drug-likeness (QED) is 0.450. The molecule has 2 heteroatoms. The van der Waals surface area contributed by atoms with Gasteiger partial charge in [0.15, 0.2) is 0 Å². The van der Waals surface area contributed by atoms with Crippen LogP contribution >= 0.6 is 0 Å². The van der Waals surface area contributed by atoms with Crippen LogP contribution in [0.4, 0.5) is 0 Å². The van der Waals surface area contributed by atoms with Gasteiger partial charge in [-0.3, -0.25) is 0 Å². The van der Waals surface area contributed by atoms with Crippen molar-refractivity contribution in [3.8, 4) is 0 Å². The van der Waals surface area contributed by atoms with E-state index in [2.05, 4.69) is 18.3 Å². The summed E-state index contributed by atoms with van der Waals surface area (Å²) in [6.45, 7) is 6.44. The highest BCUT2D eigenvalue weighted by molar-refractivity contribution is 4.69. The van der Waals surface area contributed by atoms with Crippen LogP contribution in [0.15, 0.2) is 12.7 Å². The Morgan fingerprint density at radius 2 is 2.44 bits per heavy atom. The van der Waals surface area contributed by atoms with Crippen LogP contribution in [0.5, 0.6) is 0 Å². The van der Waals surface area contributed by atoms with Crippen molar-refractivity contribution in [1.82, 2.24) is 0 Å². The van der Waals surface area contributed by atoms with Gasteiger partial charge in [-0.15, -0.1) is 6.58 Å². The zero-order valence-electron chi connectivity index (χ0n) is 5.97. The summed E-state index contributed by atoms with van der Waals surface area (Å²) in [4.78, 5) is 4.42. The normalized spacial score (nSPS) is 13.1. The number of rotatable bonds is 5. The summed E-state index contributed by atoms with van der Waals surface area (Å²) in [5, 5.41) is 0. The molecule has 2 nitrogen and oxygen atoms in total. The summed E-state index contributed by atoms with van der Waals surface area (Å²) < 4.78 is 0. The number of hydrogen-bond acceptors (Lipinski definition) is 2. The van der Waals surface area contributed by atoms with E-state index in [4.69, 9.17) is 5.90 Å². The van der Waals surface area contributed by atoms with Crippen LogP contribution in [-0.2, 0) is 4.84 Å². The Hall–Kier alpha value is -0.340. The van der Waals surface area contributed by atoms with Crippen molar-refractivity contribution in [1.29, 1.82) is 0 Å². The molecular formula is C7H15NO. The van der Waals surface area contributed by atoms with E-state index in [-0.39, 0.29) is 0 Å². The second-order valence-electron chi connectivity index (χ2n) is 2.29. The molecule has 0 saturated heterocycles. The molecule has 0 aliphatic carbocycles. The highest BCUT2D eigenvalue weighted by atomic mass is 16.6. The average molecular weight is 129 g/mol. The average Bonchev–Trinajstić information content (AvgIpc) is 1.85. The smallest absolute Gasteiger partial charge is 0.0681 e. The largest absolute Gasteiger partial charge is 0.305 e. The molecule has 54 valence electrons. The summed E-state index contributed by atoms with van der Waals surface area (Å²) in [6.07, 6.45) is 3.98. The van der Waals surface area contributed by atoms with Crippen molar-refractivity contribution in [3.05, 3.63) is 12.7 Å². The molecule has 0 radical (unpaired) electrons. The predicted molar refractivity (Wildman–Crippen MR) is 38.7 cm³/mol. The monoisotopic (exact) mass is 129 g/mol. The van der Waals surface area contributed by atoms with Crippen molar-refractivity contribution in [2.75, 3.05) is 6.61 Å². The maximum absolute atomic E-state index is 4.85. The van der Waals surface area contributed by atoms with E-state index in [1.54, 1.807) is 0 Å². The first-order chi connectivity index (χ1) is 4.31. The summed E-state index contributed by atoms with van der Waals surface area (Å²) in [6, 6.07) is 0. The maximum atomic E-state index is 4.85. The molecule has 2 N–H and O–H groups in total. The Balaban J connectivity index is 3.04. The van der Waals surface area contributed by atoms with Crippen LogP contribution < -0.4 is 5.90 Å². The third-order valence-corrected chi connectivity index (χ3v) is 1.30. The van der Waals surface area contributed by atoms with Gasteiger partial charge in [0.1, 0.15) is 0 Å². The SMILES string of the molecule is C=CCC(C)CCON. The van der Waals surface area contributed by atoms with Gasteiger partial charge in [0.25, 0.3) is 0 Å². The molecule has 0 rings (SSSR count). The molecule has 0 amide bonds. The Kier molecular flexibility index (Phi) is 5.57. The molecule has 0 bridgehead atoms. The fraction of sp³-hybridized carbons (Fsp3) is 0.714. The zero-order chi connectivity index (χ0) is 7.11. The molecule has 0 aliphatic rings. The van der Waals surface area contributed by atoms with Gasteiger partial charge in [-0.1, -0.05) is 13.0 Å². The van der Waals surface area contributed by atoms with Crippen molar-refractivity contribution in [2.24, 2.45) is 11.8 Å². The van der Waals surface area contributed by atoms with Crippen molar-refractivity contribution in [3.63, 3.8) is 0 Å². The van der Waals surface area contributed by atoms with E-state index in [9.17, 15) is 0 Å². The second-order valence-corrected chi connectivity index (χ2v) is 2.29. The van der Waals surface area contributed by atoms with Gasteiger partial charge in [-0.2, -0.15) is 0 Å². The lowest BCUT2D eigenvalue weighted by atomic mass is 10.1. The topological polar surface area (TPSA) is 35.2 Å². The first kappa shape index (κ1) is 8.66. The molecule has 0 spiro atoms. The van der Waals surface area contributed by atoms with E-state index in [0.29, 0.717) is 12.5 Å². The molecule has 0 aromatic rings. The summed E-state index contributed by atoms with van der Waals surface area (Å²) in [5.74, 6) is 5.49. The van der Waals surface area contributed by atoms with Crippen LogP contribution in [0.25, 0.3) is 0 Å². The summed E-state index contributed by atoms with van der Waals surface area (Å²) >= 11 is 0. The molecule has 0 saturated carbocycles. The van der Waals surface area contributed by atoms with E-state index < -0.39 is 0 Å². The zero-order valence-corrected chi connectivity index (χ0v) is 5.97. The van der Waals surface area contributed by atoms with Crippen LogP contribution in [0.2, 0.25) is 0 Å². The van der Waals surface area contributed by atoms with Crippen LogP contribution in [0.3, 0.4) is 0 Å². The highest BCUT2D eigenvalue weighted by Gasteiger charge is 1.96. The number of nitrogens with two attached hydrogens (primary N) is 1. The molecule has 1 unspecified atom stereocenters. The van der Waals surface area contributed by atoms with Crippen molar-refractivity contribution in [2.45, 2.75) is 19.8 Å². The Bertz CT molecular complexity index is 73.3. The summed E-state index contributed by atoms with van der Waals surface area (Å²) in [7, 11) is 0. The highest BCUT2D eigenvalue weighted by Crippen LogP contribution is 2.06. The molecule has 0 aliphatic heterocycles. The van der Waals surface area contributed by atoms with Crippen LogP contribution in [-0.4, -0.2) is 6.61 Å². The van der Waals surface area contributed by atoms with E-state index in [0.717, 1.165) is 12.8 Å². The fourth-order valence-corrected chi connectivity index (χ4v) is 0.672. The molecule has 0 fully saturated rings. The Labute approximate surface area is 56.6 Å². The Morgan fingerprint density at radius 1 is 1.78 bits per heavy atom. The van der Waals surface area contributed by atoms with Gasteiger partial charge in [0, 0.05) is 0 Å². The number of allylic oxidation sites excluding steroid dienone is 1. The minimum Gasteiger partial charge on any atom is -0.305 e. The maximum Gasteiger partial charge on any atom is 0.0681 e. The molecule has 0 aromatic heterocycles. The lowest BCUT2D eigenvalue weighted by Gasteiger charge is -2.05. The standard InChI is InChI=1S/C7H15NO/c1-3-4-7(2)5-6-9-8/h3,7H,1,4-6,8H2,2H3. The minimum atomic E-state index is 0.644. The first-order valence-electron chi connectivity index (χ1n) is 3.23. The molecular weight excluding hydrogens is 114 g/mol. The summed E-state index contributed by atoms with van der Waals surface area (Å²) in [5.41, 5.74) is 0. The fourth-order valence-electron chi connectivity index (χ4n) is 0.672. The lowest BCUT2D eigenvalue weighted by molar-refractivity contribution is 0.125. The van der Waals surface area contributed by atoms with Crippen molar-refractivity contribution >= 4 is 0 Å². The third-order valence-electron chi connectivity index (χ3n) is 1.30. The molecule has 0 aromatic carbocycles. The molecule has 0 heterocycles. The predicted octanol–water partition coefficient (Wildman–Crippen LogP) is 1.48. The lowest BCUT2D eigenvalue weighted by Crippen LogP contribution is -2.04. The molecule has 9 heavy (non-hydrogen) atoms. The van der Waals surface area contributed by atoms with Gasteiger partial charge in [0.05, 0.1) is 6.61 Å². The third kappa shape index (κ3) is 5.53. The van der Waals surface area contributed by atoms with Gasteiger partial charge < -0.3 is 4.84 Å². The van der Waals surface area contributed by atoms with E-state index in [1.807, 2.05) is 6.08 Å². The van der Waals surface area contributed by atoms with Gasteiger partial charge in [-0.25, -0.2) is 5.90 Å². The minimum absolute atomic E-state index is 0.644. The number of hydrogen-bond donors (Lipinski definition) is 1. The molecule has 1 atom stereocenters. The van der Waals surface area contributed by atoms with Gasteiger partial charge in [0.2, 0.25) is 0 Å². The van der Waals surface area contributed by atoms with Gasteiger partial charge >= 0.3 is 0 Å². The van der Waals surface area contributed by atoms with Gasteiger partial charge in [-0.05, 0) is 18.8 Å².